The highest BCUT2D eigenvalue weighted by atomic mass is 15.3. The van der Waals surface area contributed by atoms with Gasteiger partial charge in [0.2, 0.25) is 0 Å². The van der Waals surface area contributed by atoms with Gasteiger partial charge in [-0.05, 0) is 18.9 Å². The molecular formula is C10H16N4. The predicted molar refractivity (Wildman–Crippen MR) is 55.4 cm³/mol. The second kappa shape index (κ2) is 4.26. The third-order valence-electron chi connectivity index (χ3n) is 2.63. The smallest absolute Gasteiger partial charge is 0.0958 e. The quantitative estimate of drug-likeness (QED) is 0.785. The van der Waals surface area contributed by atoms with Crippen molar-refractivity contribution < 1.29 is 0 Å². The first-order valence-electron chi connectivity index (χ1n) is 5.16. The molecule has 4 heteroatoms. The largest absolute Gasteiger partial charge is 0.359 e. The molecule has 2 heterocycles. The van der Waals surface area contributed by atoms with Gasteiger partial charge >= 0.3 is 0 Å². The number of likely N-dealkylation sites (tertiary alicyclic amines) is 1. The number of hydrogen-bond donors (Lipinski definition) is 1. The van der Waals surface area contributed by atoms with Gasteiger partial charge in [-0.3, -0.25) is 10.1 Å². The van der Waals surface area contributed by atoms with E-state index in [0.29, 0.717) is 0 Å². The number of amidine groups is 1. The maximum absolute atomic E-state index is 7.77. The summed E-state index contributed by atoms with van der Waals surface area (Å²) in [4.78, 5) is 2.16. The van der Waals surface area contributed by atoms with Crippen LogP contribution in [0.5, 0.6) is 0 Å². The Morgan fingerprint density at radius 1 is 1.36 bits per heavy atom. The summed E-state index contributed by atoms with van der Waals surface area (Å²) < 4.78 is 1.92. The van der Waals surface area contributed by atoms with E-state index in [9.17, 15) is 0 Å². The van der Waals surface area contributed by atoms with E-state index in [2.05, 4.69) is 10.00 Å². The molecule has 1 aromatic rings. The first-order chi connectivity index (χ1) is 6.86. The SMILES string of the molecule is N=C1CCCCN1CCn1cccn1. The lowest BCUT2D eigenvalue weighted by Gasteiger charge is -2.29. The van der Waals surface area contributed by atoms with Crippen LogP contribution in [0.2, 0.25) is 0 Å². The summed E-state index contributed by atoms with van der Waals surface area (Å²) in [6.45, 7) is 2.84. The molecule has 14 heavy (non-hydrogen) atoms. The number of nitrogens with one attached hydrogen (secondary N) is 1. The van der Waals surface area contributed by atoms with Crippen molar-refractivity contribution in [3.63, 3.8) is 0 Å². The van der Waals surface area contributed by atoms with Crippen LogP contribution in [-0.4, -0.2) is 33.6 Å². The fourth-order valence-electron chi connectivity index (χ4n) is 1.79. The first kappa shape index (κ1) is 9.24. The molecule has 0 amide bonds. The van der Waals surface area contributed by atoms with E-state index >= 15 is 0 Å². The highest BCUT2D eigenvalue weighted by molar-refractivity contribution is 5.79. The van der Waals surface area contributed by atoms with Gasteiger partial charge in [0.1, 0.15) is 0 Å². The van der Waals surface area contributed by atoms with Crippen LogP contribution in [0, 0.1) is 5.41 Å². The van der Waals surface area contributed by atoms with Gasteiger partial charge in [-0.25, -0.2) is 0 Å². The maximum Gasteiger partial charge on any atom is 0.0958 e. The Morgan fingerprint density at radius 2 is 2.29 bits per heavy atom. The van der Waals surface area contributed by atoms with Gasteiger partial charge in [-0.2, -0.15) is 5.10 Å². The van der Waals surface area contributed by atoms with E-state index in [0.717, 1.165) is 31.9 Å². The molecule has 0 saturated carbocycles. The van der Waals surface area contributed by atoms with Crippen LogP contribution >= 0.6 is 0 Å². The molecule has 0 spiro atoms. The van der Waals surface area contributed by atoms with Crippen LogP contribution in [0.4, 0.5) is 0 Å². The van der Waals surface area contributed by atoms with Gasteiger partial charge in [0, 0.05) is 31.9 Å². The van der Waals surface area contributed by atoms with Crippen LogP contribution in [0.15, 0.2) is 18.5 Å². The van der Waals surface area contributed by atoms with Gasteiger partial charge < -0.3 is 4.90 Å². The average Bonchev–Trinajstić information content (AvgIpc) is 2.69. The number of piperidine rings is 1. The van der Waals surface area contributed by atoms with E-state index < -0.39 is 0 Å². The standard InChI is InChI=1S/C10H16N4/c11-10-4-1-2-6-13(10)8-9-14-7-3-5-12-14/h3,5,7,11H,1-2,4,6,8-9H2. The Balaban J connectivity index is 1.82. The summed E-state index contributed by atoms with van der Waals surface area (Å²) in [5.41, 5.74) is 0. The molecular weight excluding hydrogens is 176 g/mol. The fraction of sp³-hybridized carbons (Fsp3) is 0.600. The minimum Gasteiger partial charge on any atom is -0.359 e. The van der Waals surface area contributed by atoms with Gasteiger partial charge in [-0.1, -0.05) is 0 Å². The lowest BCUT2D eigenvalue weighted by atomic mass is 10.1. The summed E-state index contributed by atoms with van der Waals surface area (Å²) in [6, 6.07) is 1.93. The number of aromatic nitrogens is 2. The van der Waals surface area contributed by atoms with Crippen molar-refractivity contribution in [3.8, 4) is 0 Å². The Hall–Kier alpha value is -1.32. The minimum absolute atomic E-state index is 0.795. The Morgan fingerprint density at radius 3 is 3.00 bits per heavy atom. The van der Waals surface area contributed by atoms with Crippen molar-refractivity contribution in [1.29, 1.82) is 5.41 Å². The summed E-state index contributed by atoms with van der Waals surface area (Å²) in [7, 11) is 0. The molecule has 1 fully saturated rings. The molecule has 1 aromatic heterocycles. The van der Waals surface area contributed by atoms with Crippen molar-refractivity contribution >= 4 is 5.84 Å². The van der Waals surface area contributed by atoms with Crippen molar-refractivity contribution in [2.75, 3.05) is 13.1 Å². The van der Waals surface area contributed by atoms with E-state index in [-0.39, 0.29) is 0 Å². The van der Waals surface area contributed by atoms with Crippen LogP contribution in [0.25, 0.3) is 0 Å². The second-order valence-electron chi connectivity index (χ2n) is 3.66. The van der Waals surface area contributed by atoms with E-state index in [4.69, 9.17) is 5.41 Å². The molecule has 0 bridgehead atoms. The molecule has 0 atom stereocenters. The predicted octanol–water partition coefficient (Wildman–Crippen LogP) is 1.35. The van der Waals surface area contributed by atoms with Crippen molar-refractivity contribution in [2.24, 2.45) is 0 Å². The van der Waals surface area contributed by atoms with E-state index in [1.165, 1.54) is 12.8 Å². The highest BCUT2D eigenvalue weighted by Crippen LogP contribution is 2.10. The zero-order valence-electron chi connectivity index (χ0n) is 8.32. The van der Waals surface area contributed by atoms with Gasteiger partial charge in [-0.15, -0.1) is 0 Å². The minimum atomic E-state index is 0.795. The van der Waals surface area contributed by atoms with Gasteiger partial charge in [0.05, 0.1) is 12.4 Å². The highest BCUT2D eigenvalue weighted by Gasteiger charge is 2.13. The first-order valence-corrected chi connectivity index (χ1v) is 5.16. The molecule has 1 aliphatic rings. The summed E-state index contributed by atoms with van der Waals surface area (Å²) in [5, 5.41) is 11.9. The summed E-state index contributed by atoms with van der Waals surface area (Å²) in [6.07, 6.45) is 7.10. The lowest BCUT2D eigenvalue weighted by molar-refractivity contribution is 0.344. The third-order valence-corrected chi connectivity index (χ3v) is 2.63. The fourth-order valence-corrected chi connectivity index (χ4v) is 1.79. The summed E-state index contributed by atoms with van der Waals surface area (Å²) >= 11 is 0. The van der Waals surface area contributed by atoms with E-state index in [1.54, 1.807) is 6.20 Å². The monoisotopic (exact) mass is 192 g/mol. The van der Waals surface area contributed by atoms with Crippen LogP contribution in [0.1, 0.15) is 19.3 Å². The van der Waals surface area contributed by atoms with Crippen molar-refractivity contribution in [1.82, 2.24) is 14.7 Å². The normalized spacial score (nSPS) is 17.4. The second-order valence-corrected chi connectivity index (χ2v) is 3.66. The van der Waals surface area contributed by atoms with Gasteiger partial charge in [0.25, 0.3) is 0 Å². The van der Waals surface area contributed by atoms with Crippen molar-refractivity contribution in [2.45, 2.75) is 25.8 Å². The van der Waals surface area contributed by atoms with E-state index in [1.807, 2.05) is 16.9 Å². The number of hydrogen-bond acceptors (Lipinski definition) is 2. The molecule has 76 valence electrons. The molecule has 0 aliphatic carbocycles. The zero-order valence-corrected chi connectivity index (χ0v) is 8.32. The van der Waals surface area contributed by atoms with Crippen LogP contribution in [-0.2, 0) is 6.54 Å². The third kappa shape index (κ3) is 2.13. The van der Waals surface area contributed by atoms with Crippen LogP contribution < -0.4 is 0 Å². The topological polar surface area (TPSA) is 44.9 Å². The maximum atomic E-state index is 7.77. The molecule has 1 N–H and O–H groups in total. The molecule has 0 unspecified atom stereocenters. The molecule has 1 saturated heterocycles. The molecule has 0 aromatic carbocycles. The molecule has 0 radical (unpaired) electrons. The molecule has 4 nitrogen and oxygen atoms in total. The summed E-state index contributed by atoms with van der Waals surface area (Å²) in [5.74, 6) is 0.795. The molecule has 2 rings (SSSR count). The average molecular weight is 192 g/mol. The number of nitrogens with zero attached hydrogens (tertiary/aromatic N) is 3. The zero-order chi connectivity index (χ0) is 9.80. The van der Waals surface area contributed by atoms with Gasteiger partial charge in [0.15, 0.2) is 0 Å². The molecule has 1 aliphatic heterocycles. The Bertz CT molecular complexity index is 291. The Labute approximate surface area is 84.0 Å². The lowest BCUT2D eigenvalue weighted by Crippen LogP contribution is -2.37. The van der Waals surface area contributed by atoms with Crippen molar-refractivity contribution in [3.05, 3.63) is 18.5 Å². The Kier molecular flexibility index (Phi) is 2.81. The van der Waals surface area contributed by atoms with Crippen LogP contribution in [0.3, 0.4) is 0 Å². The number of rotatable bonds is 3.